The molecule has 0 aliphatic carbocycles. The molecule has 0 aromatic carbocycles. The van der Waals surface area contributed by atoms with Crippen molar-refractivity contribution in [3.05, 3.63) is 22.4 Å². The maximum Gasteiger partial charge on any atom is 0.0464 e. The van der Waals surface area contributed by atoms with Crippen molar-refractivity contribution in [2.75, 3.05) is 6.61 Å². The fraction of sp³-hybridized carbons (Fsp3) is 0.667. The molecule has 1 N–H and O–H groups in total. The van der Waals surface area contributed by atoms with Gasteiger partial charge in [-0.05, 0) is 35.6 Å². The van der Waals surface area contributed by atoms with Gasteiger partial charge in [-0.15, -0.1) is 11.3 Å². The van der Waals surface area contributed by atoms with Crippen molar-refractivity contribution in [1.82, 2.24) is 0 Å². The minimum atomic E-state index is 0.214. The van der Waals surface area contributed by atoms with E-state index in [0.717, 1.165) is 12.8 Å². The molecule has 0 saturated carbocycles. The van der Waals surface area contributed by atoms with Crippen LogP contribution in [0.15, 0.2) is 17.5 Å². The lowest BCUT2D eigenvalue weighted by Crippen LogP contribution is -2.24. The molecule has 1 nitrogen and oxygen atoms in total. The zero-order valence-corrected chi connectivity index (χ0v) is 10.1. The van der Waals surface area contributed by atoms with Crippen LogP contribution < -0.4 is 0 Å². The third kappa shape index (κ3) is 3.43. The average molecular weight is 212 g/mol. The molecule has 0 aliphatic rings. The van der Waals surface area contributed by atoms with Crippen molar-refractivity contribution >= 4 is 11.3 Å². The molecule has 2 heteroatoms. The number of hydrogen-bond acceptors (Lipinski definition) is 2. The van der Waals surface area contributed by atoms with Crippen LogP contribution in [0.5, 0.6) is 0 Å². The molecule has 1 unspecified atom stereocenters. The van der Waals surface area contributed by atoms with E-state index in [-0.39, 0.29) is 5.41 Å². The zero-order valence-electron chi connectivity index (χ0n) is 9.29. The van der Waals surface area contributed by atoms with E-state index in [1.807, 2.05) is 0 Å². The second-order valence-corrected chi connectivity index (χ2v) is 5.90. The van der Waals surface area contributed by atoms with Crippen molar-refractivity contribution in [1.29, 1.82) is 0 Å². The monoisotopic (exact) mass is 212 g/mol. The summed E-state index contributed by atoms with van der Waals surface area (Å²) in [6, 6.07) is 4.26. The quantitative estimate of drug-likeness (QED) is 0.811. The zero-order chi connectivity index (χ0) is 10.6. The lowest BCUT2D eigenvalue weighted by Gasteiger charge is -2.28. The Labute approximate surface area is 90.8 Å². The molecular formula is C12H20OS. The van der Waals surface area contributed by atoms with Crippen molar-refractivity contribution in [3.8, 4) is 0 Å². The van der Waals surface area contributed by atoms with Gasteiger partial charge in [-0.3, -0.25) is 0 Å². The first-order chi connectivity index (χ1) is 6.54. The number of rotatable bonds is 4. The van der Waals surface area contributed by atoms with E-state index in [1.165, 1.54) is 4.88 Å². The van der Waals surface area contributed by atoms with E-state index in [2.05, 4.69) is 38.3 Å². The average Bonchev–Trinajstić information content (AvgIpc) is 2.55. The Kier molecular flexibility index (Phi) is 4.14. The Morgan fingerprint density at radius 3 is 2.57 bits per heavy atom. The normalized spacial score (nSPS) is 14.3. The summed E-state index contributed by atoms with van der Waals surface area (Å²) in [4.78, 5) is 1.42. The lowest BCUT2D eigenvalue weighted by atomic mass is 9.78. The van der Waals surface area contributed by atoms with Gasteiger partial charge in [0.05, 0.1) is 0 Å². The molecule has 1 aromatic heterocycles. The molecule has 1 heterocycles. The maximum atomic E-state index is 9.29. The highest BCUT2D eigenvalue weighted by atomic mass is 32.1. The third-order valence-electron chi connectivity index (χ3n) is 2.76. The summed E-state index contributed by atoms with van der Waals surface area (Å²) in [5.41, 5.74) is 0.214. The van der Waals surface area contributed by atoms with Gasteiger partial charge in [-0.2, -0.15) is 0 Å². The molecule has 0 aliphatic heterocycles. The first-order valence-electron chi connectivity index (χ1n) is 5.17. The fourth-order valence-electron chi connectivity index (χ4n) is 1.57. The number of thiophene rings is 1. The largest absolute Gasteiger partial charge is 0.396 e. The summed E-state index contributed by atoms with van der Waals surface area (Å²) in [6.07, 6.45) is 2.18. The van der Waals surface area contributed by atoms with E-state index in [0.29, 0.717) is 12.5 Å². The molecule has 0 fully saturated rings. The topological polar surface area (TPSA) is 20.2 Å². The second kappa shape index (κ2) is 4.94. The minimum Gasteiger partial charge on any atom is -0.396 e. The number of aliphatic hydroxyl groups is 1. The van der Waals surface area contributed by atoms with Crippen LogP contribution in [-0.4, -0.2) is 11.7 Å². The van der Waals surface area contributed by atoms with E-state index in [9.17, 15) is 5.11 Å². The van der Waals surface area contributed by atoms with Crippen LogP contribution >= 0.6 is 11.3 Å². The maximum absolute atomic E-state index is 9.29. The van der Waals surface area contributed by atoms with Crippen LogP contribution in [0.2, 0.25) is 0 Å². The lowest BCUT2D eigenvalue weighted by molar-refractivity contribution is 0.124. The predicted molar refractivity (Wildman–Crippen MR) is 62.7 cm³/mol. The van der Waals surface area contributed by atoms with E-state index >= 15 is 0 Å². The Hall–Kier alpha value is -0.340. The van der Waals surface area contributed by atoms with Crippen molar-refractivity contribution in [2.45, 2.75) is 33.6 Å². The minimum absolute atomic E-state index is 0.214. The molecule has 0 spiro atoms. The van der Waals surface area contributed by atoms with Crippen molar-refractivity contribution in [2.24, 2.45) is 11.3 Å². The number of aryl methyl sites for hydroxylation is 1. The number of hydrogen-bond donors (Lipinski definition) is 1. The second-order valence-electron chi connectivity index (χ2n) is 4.86. The van der Waals surface area contributed by atoms with Crippen molar-refractivity contribution in [3.63, 3.8) is 0 Å². The van der Waals surface area contributed by atoms with Gasteiger partial charge >= 0.3 is 0 Å². The van der Waals surface area contributed by atoms with Crippen molar-refractivity contribution < 1.29 is 5.11 Å². The van der Waals surface area contributed by atoms with Crippen LogP contribution in [0.25, 0.3) is 0 Å². The smallest absolute Gasteiger partial charge is 0.0464 e. The Morgan fingerprint density at radius 1 is 1.43 bits per heavy atom. The summed E-state index contributed by atoms with van der Waals surface area (Å²) < 4.78 is 0. The molecule has 0 amide bonds. The van der Waals surface area contributed by atoms with Gasteiger partial charge < -0.3 is 5.11 Å². The fourth-order valence-corrected chi connectivity index (χ4v) is 2.29. The molecule has 80 valence electrons. The molecule has 14 heavy (non-hydrogen) atoms. The highest BCUT2D eigenvalue weighted by molar-refractivity contribution is 7.09. The van der Waals surface area contributed by atoms with Gasteiger partial charge in [0, 0.05) is 11.5 Å². The molecule has 0 radical (unpaired) electrons. The standard InChI is InChI=1S/C12H20OS/c1-12(2,3)10(9-13)6-7-11-5-4-8-14-11/h4-5,8,10,13H,6-7,9H2,1-3H3. The van der Waals surface area contributed by atoms with Gasteiger partial charge in [0.15, 0.2) is 0 Å². The first-order valence-corrected chi connectivity index (χ1v) is 6.05. The van der Waals surface area contributed by atoms with Gasteiger partial charge in [-0.1, -0.05) is 26.8 Å². The van der Waals surface area contributed by atoms with Crippen LogP contribution in [0.3, 0.4) is 0 Å². The van der Waals surface area contributed by atoms with Crippen LogP contribution in [0.4, 0.5) is 0 Å². The van der Waals surface area contributed by atoms with Gasteiger partial charge in [0.1, 0.15) is 0 Å². The SMILES string of the molecule is CC(C)(C)C(CO)CCc1cccs1. The van der Waals surface area contributed by atoms with Gasteiger partial charge in [-0.25, -0.2) is 0 Å². The summed E-state index contributed by atoms with van der Waals surface area (Å²) in [6.45, 7) is 6.89. The molecular weight excluding hydrogens is 192 g/mol. The number of aliphatic hydroxyl groups excluding tert-OH is 1. The Morgan fingerprint density at radius 2 is 2.14 bits per heavy atom. The van der Waals surface area contributed by atoms with E-state index in [4.69, 9.17) is 0 Å². The summed E-state index contributed by atoms with van der Waals surface area (Å²) in [5.74, 6) is 0.407. The Bertz CT molecular complexity index is 246. The Balaban J connectivity index is 2.43. The molecule has 1 atom stereocenters. The molecule has 0 saturated heterocycles. The van der Waals surface area contributed by atoms with Gasteiger partial charge in [0.2, 0.25) is 0 Å². The highest BCUT2D eigenvalue weighted by Crippen LogP contribution is 2.29. The van der Waals surface area contributed by atoms with Gasteiger partial charge in [0.25, 0.3) is 0 Å². The molecule has 1 aromatic rings. The van der Waals surface area contributed by atoms with Crippen LogP contribution in [0, 0.1) is 11.3 Å². The predicted octanol–water partition coefficient (Wildman–Crippen LogP) is 3.34. The first kappa shape index (κ1) is 11.7. The summed E-state index contributed by atoms with van der Waals surface area (Å²) in [7, 11) is 0. The van der Waals surface area contributed by atoms with E-state index in [1.54, 1.807) is 11.3 Å². The molecule has 0 bridgehead atoms. The summed E-state index contributed by atoms with van der Waals surface area (Å²) in [5, 5.41) is 11.4. The van der Waals surface area contributed by atoms with E-state index < -0.39 is 0 Å². The van der Waals surface area contributed by atoms with Crippen LogP contribution in [-0.2, 0) is 6.42 Å². The van der Waals surface area contributed by atoms with Crippen LogP contribution in [0.1, 0.15) is 32.1 Å². The third-order valence-corrected chi connectivity index (χ3v) is 3.70. The highest BCUT2D eigenvalue weighted by Gasteiger charge is 2.23. The molecule has 1 rings (SSSR count). The summed E-state index contributed by atoms with van der Waals surface area (Å²) >= 11 is 1.80.